The summed E-state index contributed by atoms with van der Waals surface area (Å²) >= 11 is 0. The number of esters is 3. The SMILES string of the molecule is CC(C)C(C)C(=O)Oc1ccc(CC(N)(C[C@H](C)OC(=O)C(C)C(C)C)C(=O)O)cc1OC(=O)C(C)C(C)C. The van der Waals surface area contributed by atoms with E-state index in [2.05, 4.69) is 0 Å². The molecule has 0 aliphatic heterocycles. The highest BCUT2D eigenvalue weighted by Crippen LogP contribution is 2.33. The molecule has 1 aromatic carbocycles. The normalized spacial score (nSPS) is 16.3. The highest BCUT2D eigenvalue weighted by Gasteiger charge is 2.38. The Balaban J connectivity index is 3.30. The molecule has 0 bridgehead atoms. The summed E-state index contributed by atoms with van der Waals surface area (Å²) < 4.78 is 16.7. The van der Waals surface area contributed by atoms with E-state index in [9.17, 15) is 24.3 Å². The van der Waals surface area contributed by atoms with E-state index in [4.69, 9.17) is 19.9 Å². The molecular formula is C30H47NO8. The van der Waals surface area contributed by atoms with Gasteiger partial charge in [-0.15, -0.1) is 0 Å². The van der Waals surface area contributed by atoms with Gasteiger partial charge in [0.1, 0.15) is 11.6 Å². The molecule has 220 valence electrons. The number of carbonyl (C=O) groups excluding carboxylic acids is 3. The molecule has 3 N–H and O–H groups in total. The van der Waals surface area contributed by atoms with Gasteiger partial charge in [0, 0.05) is 12.8 Å². The van der Waals surface area contributed by atoms with Crippen molar-refractivity contribution in [2.75, 3.05) is 0 Å². The first-order chi connectivity index (χ1) is 17.9. The van der Waals surface area contributed by atoms with Gasteiger partial charge in [-0.2, -0.15) is 0 Å². The molecule has 9 heteroatoms. The largest absolute Gasteiger partial charge is 0.480 e. The maximum Gasteiger partial charge on any atom is 0.324 e. The summed E-state index contributed by atoms with van der Waals surface area (Å²) in [6.45, 7) is 18.2. The molecular weight excluding hydrogens is 502 g/mol. The van der Waals surface area contributed by atoms with E-state index in [1.165, 1.54) is 12.1 Å². The van der Waals surface area contributed by atoms with Crippen LogP contribution in [0.25, 0.3) is 0 Å². The first-order valence-electron chi connectivity index (χ1n) is 13.7. The number of carboxylic acids is 1. The van der Waals surface area contributed by atoms with E-state index in [1.54, 1.807) is 33.8 Å². The second-order valence-corrected chi connectivity index (χ2v) is 11.8. The van der Waals surface area contributed by atoms with Crippen LogP contribution >= 0.6 is 0 Å². The quantitative estimate of drug-likeness (QED) is 0.241. The minimum absolute atomic E-state index is 0.00674. The highest BCUT2D eigenvalue weighted by atomic mass is 16.6. The Morgan fingerprint density at radius 2 is 1.18 bits per heavy atom. The van der Waals surface area contributed by atoms with Crippen molar-refractivity contribution in [3.63, 3.8) is 0 Å². The summed E-state index contributed by atoms with van der Waals surface area (Å²) in [6, 6.07) is 4.52. The van der Waals surface area contributed by atoms with Crippen LogP contribution in [0, 0.1) is 35.5 Å². The van der Waals surface area contributed by atoms with Gasteiger partial charge in [-0.05, 0) is 42.4 Å². The smallest absolute Gasteiger partial charge is 0.324 e. The fourth-order valence-electron chi connectivity index (χ4n) is 3.51. The van der Waals surface area contributed by atoms with Gasteiger partial charge in [0.25, 0.3) is 0 Å². The zero-order chi connectivity index (χ0) is 30.2. The Labute approximate surface area is 232 Å². The van der Waals surface area contributed by atoms with Crippen molar-refractivity contribution in [1.82, 2.24) is 0 Å². The Kier molecular flexibility index (Phi) is 12.6. The van der Waals surface area contributed by atoms with Gasteiger partial charge in [0.15, 0.2) is 11.5 Å². The summed E-state index contributed by atoms with van der Waals surface area (Å²) in [5.41, 5.74) is 5.00. The van der Waals surface area contributed by atoms with Crippen molar-refractivity contribution in [3.05, 3.63) is 23.8 Å². The standard InChI is InChI=1S/C30H47NO8/c1-16(2)20(8)26(32)37-19(7)14-30(31,29(35)36)15-23-11-12-24(38-27(33)21(9)17(3)4)25(13-23)39-28(34)22(10)18(5)6/h11-13,16-22H,14-15,31H2,1-10H3,(H,35,36)/t19-,20?,21?,22?,30?/m0/s1. The summed E-state index contributed by atoms with van der Waals surface area (Å²) in [5.74, 6) is -3.64. The number of benzene rings is 1. The van der Waals surface area contributed by atoms with Crippen LogP contribution in [0.4, 0.5) is 0 Å². The fourth-order valence-corrected chi connectivity index (χ4v) is 3.51. The average Bonchev–Trinajstić information content (AvgIpc) is 2.83. The number of hydrogen-bond donors (Lipinski definition) is 2. The molecule has 0 spiro atoms. The van der Waals surface area contributed by atoms with Crippen molar-refractivity contribution in [3.8, 4) is 11.5 Å². The third-order valence-corrected chi connectivity index (χ3v) is 7.46. The minimum Gasteiger partial charge on any atom is -0.480 e. The molecule has 0 aromatic heterocycles. The zero-order valence-corrected chi connectivity index (χ0v) is 25.1. The molecule has 0 saturated carbocycles. The molecule has 39 heavy (non-hydrogen) atoms. The van der Waals surface area contributed by atoms with E-state index in [0.29, 0.717) is 5.56 Å². The van der Waals surface area contributed by atoms with Gasteiger partial charge in [-0.25, -0.2) is 0 Å². The van der Waals surface area contributed by atoms with Gasteiger partial charge in [-0.1, -0.05) is 68.4 Å². The Hall–Kier alpha value is -2.94. The maximum absolute atomic E-state index is 12.8. The fraction of sp³-hybridized carbons (Fsp3) is 0.667. The molecule has 0 aliphatic carbocycles. The Bertz CT molecular complexity index is 1020. The van der Waals surface area contributed by atoms with Crippen LogP contribution in [-0.2, 0) is 30.3 Å². The zero-order valence-electron chi connectivity index (χ0n) is 25.1. The number of hydrogen-bond acceptors (Lipinski definition) is 8. The molecule has 4 unspecified atom stereocenters. The van der Waals surface area contributed by atoms with E-state index in [1.807, 2.05) is 41.5 Å². The third-order valence-electron chi connectivity index (χ3n) is 7.46. The lowest BCUT2D eigenvalue weighted by Gasteiger charge is -2.29. The Morgan fingerprint density at radius 1 is 0.744 bits per heavy atom. The van der Waals surface area contributed by atoms with Crippen LogP contribution in [0.2, 0.25) is 0 Å². The molecule has 0 saturated heterocycles. The first kappa shape index (κ1) is 34.1. The van der Waals surface area contributed by atoms with Crippen LogP contribution < -0.4 is 15.2 Å². The van der Waals surface area contributed by atoms with E-state index in [-0.39, 0.29) is 48.0 Å². The topological polar surface area (TPSA) is 142 Å². The second-order valence-electron chi connectivity index (χ2n) is 11.8. The lowest BCUT2D eigenvalue weighted by atomic mass is 9.86. The lowest BCUT2D eigenvalue weighted by Crippen LogP contribution is -2.52. The van der Waals surface area contributed by atoms with E-state index >= 15 is 0 Å². The Morgan fingerprint density at radius 3 is 1.62 bits per heavy atom. The first-order valence-corrected chi connectivity index (χ1v) is 13.7. The van der Waals surface area contributed by atoms with Crippen molar-refractivity contribution in [1.29, 1.82) is 0 Å². The predicted octanol–water partition coefficient (Wildman–Crippen LogP) is 5.02. The average molecular weight is 550 g/mol. The monoisotopic (exact) mass is 549 g/mol. The van der Waals surface area contributed by atoms with Crippen molar-refractivity contribution in [2.24, 2.45) is 41.2 Å². The lowest BCUT2D eigenvalue weighted by molar-refractivity contribution is -0.157. The molecule has 0 radical (unpaired) electrons. The highest BCUT2D eigenvalue weighted by molar-refractivity contribution is 5.80. The number of rotatable bonds is 14. The van der Waals surface area contributed by atoms with Crippen LogP contribution in [0.3, 0.4) is 0 Å². The molecule has 0 amide bonds. The van der Waals surface area contributed by atoms with Gasteiger partial charge >= 0.3 is 23.9 Å². The molecule has 0 fully saturated rings. The third kappa shape index (κ3) is 9.95. The minimum atomic E-state index is -1.78. The number of carboxylic acid groups (broad SMARTS) is 1. The molecule has 0 aliphatic rings. The van der Waals surface area contributed by atoms with Crippen LogP contribution in [0.5, 0.6) is 11.5 Å². The maximum atomic E-state index is 12.8. The molecule has 5 atom stereocenters. The van der Waals surface area contributed by atoms with Gasteiger partial charge in [0.2, 0.25) is 0 Å². The molecule has 1 rings (SSSR count). The van der Waals surface area contributed by atoms with Gasteiger partial charge in [0.05, 0.1) is 17.8 Å². The number of ether oxygens (including phenoxy) is 3. The number of carbonyl (C=O) groups is 4. The van der Waals surface area contributed by atoms with Crippen molar-refractivity contribution >= 4 is 23.9 Å². The van der Waals surface area contributed by atoms with Crippen LogP contribution in [-0.4, -0.2) is 40.6 Å². The predicted molar refractivity (Wildman–Crippen MR) is 148 cm³/mol. The van der Waals surface area contributed by atoms with Crippen LogP contribution in [0.1, 0.15) is 81.2 Å². The number of nitrogens with two attached hydrogens (primary N) is 1. The molecule has 0 heterocycles. The second kappa shape index (κ2) is 14.4. The summed E-state index contributed by atoms with van der Waals surface area (Å²) in [7, 11) is 0. The van der Waals surface area contributed by atoms with Crippen LogP contribution in [0.15, 0.2) is 18.2 Å². The summed E-state index contributed by atoms with van der Waals surface area (Å²) in [4.78, 5) is 50.0. The van der Waals surface area contributed by atoms with Gasteiger partial charge in [-0.3, -0.25) is 19.2 Å². The summed E-state index contributed by atoms with van der Waals surface area (Å²) in [6.07, 6.45) is -1.03. The summed E-state index contributed by atoms with van der Waals surface area (Å²) in [5, 5.41) is 9.99. The number of aliphatic carboxylic acids is 1. The van der Waals surface area contributed by atoms with E-state index < -0.39 is 47.4 Å². The molecule has 1 aromatic rings. The molecule has 9 nitrogen and oxygen atoms in total. The van der Waals surface area contributed by atoms with Crippen molar-refractivity contribution < 1.29 is 38.5 Å². The van der Waals surface area contributed by atoms with Crippen molar-refractivity contribution in [2.45, 2.75) is 93.7 Å². The van der Waals surface area contributed by atoms with Gasteiger partial charge < -0.3 is 25.1 Å². The van der Waals surface area contributed by atoms with E-state index in [0.717, 1.165) is 0 Å².